The Morgan fingerprint density at radius 1 is 1.17 bits per heavy atom. The quantitative estimate of drug-likeness (QED) is 0.862. The van der Waals surface area contributed by atoms with Crippen LogP contribution in [0.25, 0.3) is 0 Å². The number of halogens is 1. The molecule has 3 rings (SSSR count). The van der Waals surface area contributed by atoms with Crippen molar-refractivity contribution in [3.05, 3.63) is 53.6 Å². The number of rotatable bonds is 4. The zero-order valence-electron chi connectivity index (χ0n) is 13.3. The molecular weight excluding hydrogens is 295 g/mol. The second-order valence-electron chi connectivity index (χ2n) is 6.00. The second-order valence-corrected chi connectivity index (χ2v) is 6.00. The van der Waals surface area contributed by atoms with Crippen LogP contribution in [-0.4, -0.2) is 51.7 Å². The molecule has 1 aromatic carbocycles. The van der Waals surface area contributed by atoms with E-state index in [1.807, 2.05) is 30.2 Å². The molecule has 0 saturated carbocycles. The highest BCUT2D eigenvalue weighted by molar-refractivity contribution is 5.76. The lowest BCUT2D eigenvalue weighted by Crippen LogP contribution is -2.49. The van der Waals surface area contributed by atoms with Gasteiger partial charge in [-0.3, -0.25) is 14.4 Å². The predicted octanol–water partition coefficient (Wildman–Crippen LogP) is 1.68. The highest BCUT2D eigenvalue weighted by Gasteiger charge is 2.21. The molecule has 1 aliphatic rings. The third-order valence-corrected chi connectivity index (χ3v) is 4.10. The van der Waals surface area contributed by atoms with E-state index in [9.17, 15) is 9.18 Å². The second kappa shape index (κ2) is 6.91. The minimum Gasteiger partial charge on any atom is -0.339 e. The largest absolute Gasteiger partial charge is 0.339 e. The van der Waals surface area contributed by atoms with E-state index in [0.29, 0.717) is 6.54 Å². The van der Waals surface area contributed by atoms with Crippen LogP contribution in [0.2, 0.25) is 0 Å². The molecule has 0 atom stereocenters. The Labute approximate surface area is 135 Å². The molecule has 0 unspecified atom stereocenters. The van der Waals surface area contributed by atoms with Crippen molar-refractivity contribution in [2.75, 3.05) is 26.2 Å². The van der Waals surface area contributed by atoms with Crippen LogP contribution in [0.5, 0.6) is 0 Å². The van der Waals surface area contributed by atoms with Gasteiger partial charge in [-0.25, -0.2) is 4.39 Å². The van der Waals surface area contributed by atoms with Gasteiger partial charge < -0.3 is 4.90 Å². The van der Waals surface area contributed by atoms with Crippen molar-refractivity contribution in [3.8, 4) is 0 Å². The standard InChI is InChI=1S/C17H21FN4O/c1-14-10-19-22(11-14)13-17(23)21-8-6-20(7-9-21)12-15-2-4-16(18)5-3-15/h2-5,10-11H,6-9,12-13H2,1H3. The van der Waals surface area contributed by atoms with Crippen molar-refractivity contribution in [3.63, 3.8) is 0 Å². The summed E-state index contributed by atoms with van der Waals surface area (Å²) in [5.41, 5.74) is 2.15. The Morgan fingerprint density at radius 3 is 2.48 bits per heavy atom. The molecule has 6 heteroatoms. The molecule has 5 nitrogen and oxygen atoms in total. The van der Waals surface area contributed by atoms with Crippen LogP contribution < -0.4 is 0 Å². The summed E-state index contributed by atoms with van der Waals surface area (Å²) < 4.78 is 14.6. The predicted molar refractivity (Wildman–Crippen MR) is 85.2 cm³/mol. The molecule has 1 amide bonds. The smallest absolute Gasteiger partial charge is 0.244 e. The number of amides is 1. The lowest BCUT2D eigenvalue weighted by Gasteiger charge is -2.34. The number of aryl methyl sites for hydroxylation is 1. The van der Waals surface area contributed by atoms with E-state index in [4.69, 9.17) is 0 Å². The third kappa shape index (κ3) is 4.16. The number of aromatic nitrogens is 2. The van der Waals surface area contributed by atoms with E-state index >= 15 is 0 Å². The van der Waals surface area contributed by atoms with E-state index in [1.165, 1.54) is 12.1 Å². The molecule has 0 radical (unpaired) electrons. The normalized spacial score (nSPS) is 15.8. The number of piperazine rings is 1. The van der Waals surface area contributed by atoms with Gasteiger partial charge in [0, 0.05) is 38.9 Å². The van der Waals surface area contributed by atoms with Crippen LogP contribution in [0.15, 0.2) is 36.7 Å². The average Bonchev–Trinajstić information content (AvgIpc) is 2.95. The van der Waals surface area contributed by atoms with Gasteiger partial charge in [0.2, 0.25) is 5.91 Å². The number of nitrogens with zero attached hydrogens (tertiary/aromatic N) is 4. The molecule has 1 saturated heterocycles. The fourth-order valence-corrected chi connectivity index (χ4v) is 2.80. The van der Waals surface area contributed by atoms with E-state index in [0.717, 1.165) is 43.9 Å². The highest BCUT2D eigenvalue weighted by atomic mass is 19.1. The maximum Gasteiger partial charge on any atom is 0.244 e. The van der Waals surface area contributed by atoms with Gasteiger partial charge >= 0.3 is 0 Å². The first-order valence-electron chi connectivity index (χ1n) is 7.84. The van der Waals surface area contributed by atoms with E-state index in [2.05, 4.69) is 10.00 Å². The lowest BCUT2D eigenvalue weighted by molar-refractivity contribution is -0.133. The number of benzene rings is 1. The zero-order chi connectivity index (χ0) is 16.2. The zero-order valence-corrected chi connectivity index (χ0v) is 13.3. The molecule has 0 bridgehead atoms. The van der Waals surface area contributed by atoms with Crippen LogP contribution in [-0.2, 0) is 17.9 Å². The summed E-state index contributed by atoms with van der Waals surface area (Å²) >= 11 is 0. The van der Waals surface area contributed by atoms with Gasteiger partial charge in [-0.15, -0.1) is 0 Å². The summed E-state index contributed by atoms with van der Waals surface area (Å²) in [6.07, 6.45) is 3.64. The maximum atomic E-state index is 12.9. The number of carbonyl (C=O) groups excluding carboxylic acids is 1. The molecule has 1 fully saturated rings. The van der Waals surface area contributed by atoms with Crippen molar-refractivity contribution in [1.82, 2.24) is 19.6 Å². The minimum absolute atomic E-state index is 0.106. The van der Waals surface area contributed by atoms with E-state index in [1.54, 1.807) is 10.9 Å². The van der Waals surface area contributed by atoms with Crippen LogP contribution in [0.3, 0.4) is 0 Å². The molecular formula is C17H21FN4O. The molecule has 122 valence electrons. The van der Waals surface area contributed by atoms with Crippen molar-refractivity contribution < 1.29 is 9.18 Å². The fraction of sp³-hybridized carbons (Fsp3) is 0.412. The molecule has 0 aliphatic carbocycles. The maximum absolute atomic E-state index is 12.9. The molecule has 1 aliphatic heterocycles. The third-order valence-electron chi connectivity index (χ3n) is 4.10. The van der Waals surface area contributed by atoms with Gasteiger partial charge in [-0.05, 0) is 30.2 Å². The Bertz CT molecular complexity index is 659. The molecule has 1 aromatic heterocycles. The summed E-state index contributed by atoms with van der Waals surface area (Å²) in [6.45, 7) is 6.16. The first-order chi connectivity index (χ1) is 11.1. The van der Waals surface area contributed by atoms with E-state index < -0.39 is 0 Å². The molecule has 23 heavy (non-hydrogen) atoms. The van der Waals surface area contributed by atoms with Crippen molar-refractivity contribution in [2.24, 2.45) is 0 Å². The van der Waals surface area contributed by atoms with Crippen molar-refractivity contribution >= 4 is 5.91 Å². The van der Waals surface area contributed by atoms with Gasteiger partial charge in [0.05, 0.1) is 6.20 Å². The van der Waals surface area contributed by atoms with Crippen LogP contribution >= 0.6 is 0 Å². The Kier molecular flexibility index (Phi) is 4.71. The summed E-state index contributed by atoms with van der Waals surface area (Å²) in [5, 5.41) is 4.16. The van der Waals surface area contributed by atoms with Crippen molar-refractivity contribution in [2.45, 2.75) is 20.0 Å². The number of hydrogen-bond donors (Lipinski definition) is 0. The molecule has 2 heterocycles. The number of hydrogen-bond acceptors (Lipinski definition) is 3. The Hall–Kier alpha value is -2.21. The SMILES string of the molecule is Cc1cnn(CC(=O)N2CCN(Cc3ccc(F)cc3)CC2)c1. The lowest BCUT2D eigenvalue weighted by atomic mass is 10.2. The van der Waals surface area contributed by atoms with Gasteiger partial charge in [0.15, 0.2) is 0 Å². The van der Waals surface area contributed by atoms with Crippen LogP contribution in [0.4, 0.5) is 4.39 Å². The van der Waals surface area contributed by atoms with Gasteiger partial charge in [-0.2, -0.15) is 5.10 Å². The Morgan fingerprint density at radius 2 is 1.87 bits per heavy atom. The van der Waals surface area contributed by atoms with Crippen molar-refractivity contribution in [1.29, 1.82) is 0 Å². The molecule has 0 N–H and O–H groups in total. The van der Waals surface area contributed by atoms with Gasteiger partial charge in [0.25, 0.3) is 0 Å². The topological polar surface area (TPSA) is 41.4 Å². The first-order valence-corrected chi connectivity index (χ1v) is 7.84. The van der Waals surface area contributed by atoms with E-state index in [-0.39, 0.29) is 11.7 Å². The van der Waals surface area contributed by atoms with Gasteiger partial charge in [-0.1, -0.05) is 12.1 Å². The monoisotopic (exact) mass is 316 g/mol. The average molecular weight is 316 g/mol. The number of carbonyl (C=O) groups is 1. The first kappa shape index (κ1) is 15.7. The summed E-state index contributed by atoms with van der Waals surface area (Å²) in [5.74, 6) is -0.104. The fourth-order valence-electron chi connectivity index (χ4n) is 2.80. The van der Waals surface area contributed by atoms with Crippen LogP contribution in [0.1, 0.15) is 11.1 Å². The summed E-state index contributed by atoms with van der Waals surface area (Å²) in [4.78, 5) is 16.5. The molecule has 0 spiro atoms. The van der Waals surface area contributed by atoms with Gasteiger partial charge in [0.1, 0.15) is 12.4 Å². The summed E-state index contributed by atoms with van der Waals surface area (Å²) in [6, 6.07) is 6.60. The van der Waals surface area contributed by atoms with Crippen LogP contribution in [0, 0.1) is 12.7 Å². The summed E-state index contributed by atoms with van der Waals surface area (Å²) in [7, 11) is 0. The Balaban J connectivity index is 1.48. The molecule has 2 aromatic rings. The highest BCUT2D eigenvalue weighted by Crippen LogP contribution is 2.10. The minimum atomic E-state index is -0.210.